The van der Waals surface area contributed by atoms with Crippen LogP contribution in [0.5, 0.6) is 5.75 Å². The van der Waals surface area contributed by atoms with Crippen LogP contribution in [0.25, 0.3) is 0 Å². The Hall–Kier alpha value is -2.62. The minimum Gasteiger partial charge on any atom is -0.496 e. The summed E-state index contributed by atoms with van der Waals surface area (Å²) in [6.45, 7) is 5.99. The molecule has 2 rings (SSSR count). The maximum absolute atomic E-state index is 12.2. The van der Waals surface area contributed by atoms with Gasteiger partial charge in [0.15, 0.2) is 0 Å². The molecule has 0 aliphatic rings. The standard InChI is InChI=1S/C18H20N2O2/c1-12-9-10-15(11-13(12)2)14(3)19-20-18(21)16-7-5-6-8-17(16)22-4/h5-11H,1-4H3,(H,20,21)/b19-14+. The summed E-state index contributed by atoms with van der Waals surface area (Å²) in [5.41, 5.74) is 7.21. The second-order valence-electron chi connectivity index (χ2n) is 5.14. The highest BCUT2D eigenvalue weighted by atomic mass is 16.5. The summed E-state index contributed by atoms with van der Waals surface area (Å²) in [4.78, 5) is 12.2. The number of rotatable bonds is 4. The molecule has 0 heterocycles. The van der Waals surface area contributed by atoms with E-state index < -0.39 is 0 Å². The van der Waals surface area contributed by atoms with Crippen LogP contribution in [0.3, 0.4) is 0 Å². The lowest BCUT2D eigenvalue weighted by atomic mass is 10.0. The molecule has 0 bridgehead atoms. The predicted molar refractivity (Wildman–Crippen MR) is 88.6 cm³/mol. The largest absolute Gasteiger partial charge is 0.496 e. The van der Waals surface area contributed by atoms with Crippen LogP contribution < -0.4 is 10.2 Å². The Labute approximate surface area is 130 Å². The molecule has 0 saturated heterocycles. The monoisotopic (exact) mass is 296 g/mol. The fraction of sp³-hybridized carbons (Fsp3) is 0.222. The molecule has 4 heteroatoms. The molecule has 0 fully saturated rings. The number of hydrogen-bond donors (Lipinski definition) is 1. The van der Waals surface area contributed by atoms with Crippen molar-refractivity contribution < 1.29 is 9.53 Å². The number of carbonyl (C=O) groups is 1. The first kappa shape index (κ1) is 15.8. The van der Waals surface area contributed by atoms with E-state index in [-0.39, 0.29) is 5.91 Å². The van der Waals surface area contributed by atoms with E-state index in [1.165, 1.54) is 18.2 Å². The van der Waals surface area contributed by atoms with Crippen LogP contribution in [0, 0.1) is 13.8 Å². The van der Waals surface area contributed by atoms with Crippen LogP contribution in [-0.4, -0.2) is 18.7 Å². The predicted octanol–water partition coefficient (Wildman–Crippen LogP) is 3.47. The van der Waals surface area contributed by atoms with E-state index in [1.54, 1.807) is 18.2 Å². The highest BCUT2D eigenvalue weighted by molar-refractivity contribution is 6.01. The van der Waals surface area contributed by atoms with Crippen molar-refractivity contribution in [2.45, 2.75) is 20.8 Å². The van der Waals surface area contributed by atoms with Crippen LogP contribution in [-0.2, 0) is 0 Å². The Balaban J connectivity index is 2.16. The van der Waals surface area contributed by atoms with Crippen molar-refractivity contribution >= 4 is 11.6 Å². The van der Waals surface area contributed by atoms with Crippen LogP contribution in [0.2, 0.25) is 0 Å². The number of nitrogens with zero attached hydrogens (tertiary/aromatic N) is 1. The van der Waals surface area contributed by atoms with E-state index in [0.717, 1.165) is 11.3 Å². The van der Waals surface area contributed by atoms with Crippen molar-refractivity contribution in [1.82, 2.24) is 5.43 Å². The molecule has 0 radical (unpaired) electrons. The van der Waals surface area contributed by atoms with E-state index in [9.17, 15) is 4.79 Å². The summed E-state index contributed by atoms with van der Waals surface area (Å²) in [7, 11) is 1.54. The SMILES string of the molecule is COc1ccccc1C(=O)N/N=C(\C)c1ccc(C)c(C)c1. The zero-order valence-corrected chi connectivity index (χ0v) is 13.3. The van der Waals surface area contributed by atoms with Crippen molar-refractivity contribution in [3.63, 3.8) is 0 Å². The molecule has 22 heavy (non-hydrogen) atoms. The molecule has 2 aromatic rings. The first-order valence-corrected chi connectivity index (χ1v) is 7.08. The summed E-state index contributed by atoms with van der Waals surface area (Å²) in [6.07, 6.45) is 0. The molecule has 1 amide bonds. The van der Waals surface area contributed by atoms with Gasteiger partial charge < -0.3 is 4.74 Å². The van der Waals surface area contributed by atoms with E-state index in [2.05, 4.69) is 30.4 Å². The van der Waals surface area contributed by atoms with Crippen molar-refractivity contribution in [3.05, 3.63) is 64.7 Å². The normalized spacial score (nSPS) is 11.2. The Morgan fingerprint density at radius 3 is 2.50 bits per heavy atom. The van der Waals surface area contributed by atoms with Gasteiger partial charge in [0.1, 0.15) is 5.75 Å². The number of aryl methyl sites for hydroxylation is 2. The van der Waals surface area contributed by atoms with Gasteiger partial charge in [0.2, 0.25) is 0 Å². The van der Waals surface area contributed by atoms with Crippen LogP contribution in [0.4, 0.5) is 0 Å². The Bertz CT molecular complexity index is 721. The van der Waals surface area contributed by atoms with Gasteiger partial charge in [0.05, 0.1) is 18.4 Å². The van der Waals surface area contributed by atoms with Crippen LogP contribution in [0.1, 0.15) is 34.0 Å². The number of methoxy groups -OCH3 is 1. The number of nitrogens with one attached hydrogen (secondary N) is 1. The van der Waals surface area contributed by atoms with Gasteiger partial charge in [-0.15, -0.1) is 0 Å². The molecule has 4 nitrogen and oxygen atoms in total. The molecule has 0 aromatic heterocycles. The Morgan fingerprint density at radius 1 is 1.09 bits per heavy atom. The molecular weight excluding hydrogens is 276 g/mol. The number of amides is 1. The van der Waals surface area contributed by atoms with E-state index in [1.807, 2.05) is 25.1 Å². The van der Waals surface area contributed by atoms with Gasteiger partial charge in [-0.2, -0.15) is 5.10 Å². The van der Waals surface area contributed by atoms with Crippen molar-refractivity contribution in [3.8, 4) is 5.75 Å². The second kappa shape index (κ2) is 6.89. The average molecular weight is 296 g/mol. The van der Waals surface area contributed by atoms with Crippen molar-refractivity contribution in [2.24, 2.45) is 5.10 Å². The van der Waals surface area contributed by atoms with E-state index in [0.29, 0.717) is 11.3 Å². The summed E-state index contributed by atoms with van der Waals surface area (Å²) >= 11 is 0. The fourth-order valence-electron chi connectivity index (χ4n) is 2.06. The first-order chi connectivity index (χ1) is 10.5. The minimum atomic E-state index is -0.291. The third-order valence-corrected chi connectivity index (χ3v) is 3.60. The number of para-hydroxylation sites is 1. The summed E-state index contributed by atoms with van der Waals surface area (Å²) < 4.78 is 5.18. The third kappa shape index (κ3) is 3.52. The minimum absolute atomic E-state index is 0.291. The number of ether oxygens (including phenoxy) is 1. The molecule has 0 saturated carbocycles. The first-order valence-electron chi connectivity index (χ1n) is 7.08. The number of carbonyl (C=O) groups excluding carboxylic acids is 1. The number of benzene rings is 2. The maximum Gasteiger partial charge on any atom is 0.275 e. The topological polar surface area (TPSA) is 50.7 Å². The number of hydrogen-bond acceptors (Lipinski definition) is 3. The van der Waals surface area contributed by atoms with Crippen LogP contribution >= 0.6 is 0 Å². The van der Waals surface area contributed by atoms with E-state index >= 15 is 0 Å². The molecule has 0 spiro atoms. The summed E-state index contributed by atoms with van der Waals surface area (Å²) in [6, 6.07) is 13.2. The second-order valence-corrected chi connectivity index (χ2v) is 5.14. The quantitative estimate of drug-likeness (QED) is 0.694. The van der Waals surface area contributed by atoms with Gasteiger partial charge in [0.25, 0.3) is 5.91 Å². The molecule has 0 atom stereocenters. The fourth-order valence-corrected chi connectivity index (χ4v) is 2.06. The zero-order chi connectivity index (χ0) is 16.1. The molecule has 1 N–H and O–H groups in total. The molecule has 0 aliphatic heterocycles. The van der Waals surface area contributed by atoms with Gasteiger partial charge in [0, 0.05) is 0 Å². The highest BCUT2D eigenvalue weighted by Crippen LogP contribution is 2.17. The smallest absolute Gasteiger partial charge is 0.275 e. The highest BCUT2D eigenvalue weighted by Gasteiger charge is 2.10. The molecule has 0 unspecified atom stereocenters. The van der Waals surface area contributed by atoms with Gasteiger partial charge in [-0.05, 0) is 55.7 Å². The molecular formula is C18H20N2O2. The van der Waals surface area contributed by atoms with E-state index in [4.69, 9.17) is 4.74 Å². The maximum atomic E-state index is 12.2. The number of hydrazone groups is 1. The molecule has 2 aromatic carbocycles. The average Bonchev–Trinajstić information content (AvgIpc) is 2.54. The lowest BCUT2D eigenvalue weighted by Gasteiger charge is -2.08. The Morgan fingerprint density at radius 2 is 1.82 bits per heavy atom. The summed E-state index contributed by atoms with van der Waals surface area (Å²) in [5, 5.41) is 4.18. The van der Waals surface area contributed by atoms with Gasteiger partial charge in [-0.25, -0.2) is 5.43 Å². The Kier molecular flexibility index (Phi) is 4.94. The van der Waals surface area contributed by atoms with Crippen molar-refractivity contribution in [2.75, 3.05) is 7.11 Å². The lowest BCUT2D eigenvalue weighted by Crippen LogP contribution is -2.20. The molecule has 114 valence electrons. The van der Waals surface area contributed by atoms with Crippen LogP contribution in [0.15, 0.2) is 47.6 Å². The molecule has 0 aliphatic carbocycles. The van der Waals surface area contributed by atoms with Crippen molar-refractivity contribution in [1.29, 1.82) is 0 Å². The van der Waals surface area contributed by atoms with Gasteiger partial charge >= 0.3 is 0 Å². The zero-order valence-electron chi connectivity index (χ0n) is 13.3. The van der Waals surface area contributed by atoms with Gasteiger partial charge in [-0.1, -0.05) is 24.3 Å². The third-order valence-electron chi connectivity index (χ3n) is 3.60. The summed E-state index contributed by atoms with van der Waals surface area (Å²) in [5.74, 6) is 0.236. The lowest BCUT2D eigenvalue weighted by molar-refractivity contribution is 0.0952. The van der Waals surface area contributed by atoms with Gasteiger partial charge in [-0.3, -0.25) is 4.79 Å².